The molecule has 2 N–H and O–H groups in total. The average molecular weight is 243 g/mol. The van der Waals surface area contributed by atoms with Crippen LogP contribution in [0, 0.1) is 5.92 Å². The number of hydrogen-bond donors (Lipinski definition) is 1. The van der Waals surface area contributed by atoms with Crippen molar-refractivity contribution in [1.29, 1.82) is 0 Å². The van der Waals surface area contributed by atoms with Crippen LogP contribution in [-0.2, 0) is 10.0 Å². The minimum Gasteiger partial charge on any atom is -0.398 e. The first-order valence-corrected chi connectivity index (χ1v) is 6.45. The van der Waals surface area contributed by atoms with Gasteiger partial charge in [0.25, 0.3) is 0 Å². The van der Waals surface area contributed by atoms with E-state index < -0.39 is 10.0 Å². The van der Waals surface area contributed by atoms with E-state index in [-0.39, 0.29) is 16.5 Å². The Morgan fingerprint density at radius 3 is 2.62 bits per heavy atom. The van der Waals surface area contributed by atoms with Gasteiger partial charge in [0.05, 0.1) is 5.69 Å². The van der Waals surface area contributed by atoms with Crippen molar-refractivity contribution >= 4 is 15.7 Å². The van der Waals surface area contributed by atoms with Crippen molar-refractivity contribution < 1.29 is 8.42 Å². The summed E-state index contributed by atoms with van der Waals surface area (Å²) in [5, 5.41) is 0. The van der Waals surface area contributed by atoms with Crippen molar-refractivity contribution in [3.05, 3.63) is 18.5 Å². The smallest absolute Gasteiger partial charge is 0.246 e. The summed E-state index contributed by atoms with van der Waals surface area (Å²) in [5.41, 5.74) is 5.86. The van der Waals surface area contributed by atoms with Gasteiger partial charge in [-0.05, 0) is 12.0 Å². The molecule has 0 saturated carbocycles. The molecule has 6 heteroatoms. The molecule has 1 rings (SSSR count). The highest BCUT2D eigenvalue weighted by atomic mass is 32.2. The zero-order valence-electron chi connectivity index (χ0n) is 9.71. The topological polar surface area (TPSA) is 76.3 Å². The van der Waals surface area contributed by atoms with Crippen LogP contribution in [0.5, 0.6) is 0 Å². The van der Waals surface area contributed by atoms with Gasteiger partial charge in [-0.15, -0.1) is 0 Å². The molecule has 0 fully saturated rings. The predicted octanol–water partition coefficient (Wildman–Crippen LogP) is 0.940. The Kier molecular flexibility index (Phi) is 3.88. The Bertz CT molecular complexity index is 457. The molecule has 0 atom stereocenters. The molecule has 1 heterocycles. The summed E-state index contributed by atoms with van der Waals surface area (Å²) in [4.78, 5) is 3.86. The fraction of sp³-hybridized carbons (Fsp3) is 0.500. The van der Waals surface area contributed by atoms with Crippen LogP contribution in [0.25, 0.3) is 0 Å². The number of nitrogens with zero attached hydrogens (tertiary/aromatic N) is 2. The molecule has 0 saturated heterocycles. The van der Waals surface area contributed by atoms with Gasteiger partial charge in [0.2, 0.25) is 10.0 Å². The number of nitrogen functional groups attached to an aromatic ring is 1. The Morgan fingerprint density at radius 2 is 2.12 bits per heavy atom. The van der Waals surface area contributed by atoms with Crippen LogP contribution < -0.4 is 5.73 Å². The van der Waals surface area contributed by atoms with Gasteiger partial charge in [-0.1, -0.05) is 13.8 Å². The zero-order chi connectivity index (χ0) is 12.3. The molecule has 0 aliphatic heterocycles. The standard InChI is InChI=1S/C10H17N3O2S/c1-8(2)7-13(3)16(14,15)10-6-12-5-4-9(10)11/h4-6,8H,7H2,1-3H3,(H2,11,12). The number of hydrogen-bond acceptors (Lipinski definition) is 4. The maximum absolute atomic E-state index is 12.1. The van der Waals surface area contributed by atoms with E-state index in [4.69, 9.17) is 5.73 Å². The quantitative estimate of drug-likeness (QED) is 0.854. The van der Waals surface area contributed by atoms with Gasteiger partial charge in [-0.3, -0.25) is 4.98 Å². The maximum atomic E-state index is 12.1. The molecule has 5 nitrogen and oxygen atoms in total. The van der Waals surface area contributed by atoms with Crippen LogP contribution in [0.1, 0.15) is 13.8 Å². The summed E-state index contributed by atoms with van der Waals surface area (Å²) in [6.07, 6.45) is 2.75. The second-order valence-electron chi connectivity index (χ2n) is 4.09. The van der Waals surface area contributed by atoms with Gasteiger partial charge in [0, 0.05) is 26.0 Å². The van der Waals surface area contributed by atoms with Crippen LogP contribution in [0.2, 0.25) is 0 Å². The molecule has 0 spiro atoms. The van der Waals surface area contributed by atoms with E-state index in [1.54, 1.807) is 7.05 Å². The van der Waals surface area contributed by atoms with Crippen molar-refractivity contribution in [2.24, 2.45) is 5.92 Å². The molecule has 90 valence electrons. The monoisotopic (exact) mass is 243 g/mol. The third-order valence-electron chi connectivity index (χ3n) is 2.13. The van der Waals surface area contributed by atoms with Gasteiger partial charge in [0.1, 0.15) is 4.90 Å². The first kappa shape index (κ1) is 12.9. The molecular weight excluding hydrogens is 226 g/mol. The fourth-order valence-electron chi connectivity index (χ4n) is 1.39. The highest BCUT2D eigenvalue weighted by Crippen LogP contribution is 2.20. The minimum absolute atomic E-state index is 0.0677. The highest BCUT2D eigenvalue weighted by molar-refractivity contribution is 7.89. The summed E-state index contributed by atoms with van der Waals surface area (Å²) in [6.45, 7) is 4.37. The average Bonchev–Trinajstić information content (AvgIpc) is 2.16. The molecule has 1 aromatic heterocycles. The van der Waals surface area contributed by atoms with Gasteiger partial charge in [-0.25, -0.2) is 12.7 Å². The highest BCUT2D eigenvalue weighted by Gasteiger charge is 2.23. The van der Waals surface area contributed by atoms with Crippen LogP contribution in [-0.4, -0.2) is 31.3 Å². The first-order valence-electron chi connectivity index (χ1n) is 5.01. The molecular formula is C10H17N3O2S. The maximum Gasteiger partial charge on any atom is 0.246 e. The largest absolute Gasteiger partial charge is 0.398 e. The van der Waals surface area contributed by atoms with E-state index >= 15 is 0 Å². The van der Waals surface area contributed by atoms with Gasteiger partial charge in [0.15, 0.2) is 0 Å². The second kappa shape index (κ2) is 4.80. The Balaban J connectivity index is 3.08. The van der Waals surface area contributed by atoms with E-state index in [1.165, 1.54) is 22.8 Å². The summed E-state index contributed by atoms with van der Waals surface area (Å²) < 4.78 is 25.5. The molecule has 0 radical (unpaired) electrons. The van der Waals surface area contributed by atoms with Crippen molar-refractivity contribution in [1.82, 2.24) is 9.29 Å². The Labute approximate surface area is 96.3 Å². The Morgan fingerprint density at radius 1 is 1.50 bits per heavy atom. The summed E-state index contributed by atoms with van der Waals surface area (Å²) in [5.74, 6) is 0.262. The summed E-state index contributed by atoms with van der Waals surface area (Å²) in [7, 11) is -1.98. The van der Waals surface area contributed by atoms with Gasteiger partial charge < -0.3 is 5.73 Å². The van der Waals surface area contributed by atoms with Gasteiger partial charge in [-0.2, -0.15) is 0 Å². The van der Waals surface area contributed by atoms with E-state index in [0.29, 0.717) is 6.54 Å². The normalized spacial score (nSPS) is 12.3. The Hall–Kier alpha value is -1.14. The molecule has 1 aromatic rings. The molecule has 0 aliphatic rings. The second-order valence-corrected chi connectivity index (χ2v) is 6.11. The lowest BCUT2D eigenvalue weighted by atomic mass is 10.2. The number of sulfonamides is 1. The summed E-state index contributed by atoms with van der Waals surface area (Å²) in [6, 6.07) is 1.48. The molecule has 0 aliphatic carbocycles. The first-order chi connectivity index (χ1) is 7.35. The molecule has 16 heavy (non-hydrogen) atoms. The third kappa shape index (κ3) is 2.70. The zero-order valence-corrected chi connectivity index (χ0v) is 10.5. The van der Waals surface area contributed by atoms with E-state index in [0.717, 1.165) is 0 Å². The lowest BCUT2D eigenvalue weighted by Gasteiger charge is -2.19. The number of nitrogens with two attached hydrogens (primary N) is 1. The van der Waals surface area contributed by atoms with E-state index in [2.05, 4.69) is 4.98 Å². The van der Waals surface area contributed by atoms with Crippen molar-refractivity contribution in [3.8, 4) is 0 Å². The van der Waals surface area contributed by atoms with Crippen molar-refractivity contribution in [3.63, 3.8) is 0 Å². The van der Waals surface area contributed by atoms with Crippen molar-refractivity contribution in [2.45, 2.75) is 18.7 Å². The lowest BCUT2D eigenvalue weighted by Crippen LogP contribution is -2.31. The van der Waals surface area contributed by atoms with Crippen molar-refractivity contribution in [2.75, 3.05) is 19.3 Å². The molecule has 0 unspecified atom stereocenters. The fourth-order valence-corrected chi connectivity index (χ4v) is 2.78. The van der Waals surface area contributed by atoms with Crippen LogP contribution in [0.3, 0.4) is 0 Å². The number of aromatic nitrogens is 1. The van der Waals surface area contributed by atoms with Crippen LogP contribution in [0.15, 0.2) is 23.4 Å². The third-order valence-corrected chi connectivity index (χ3v) is 3.99. The number of anilines is 1. The molecule has 0 bridgehead atoms. The SMILES string of the molecule is CC(C)CN(C)S(=O)(=O)c1cnccc1N. The predicted molar refractivity (Wildman–Crippen MR) is 63.3 cm³/mol. The summed E-state index contributed by atoms with van der Waals surface area (Å²) >= 11 is 0. The minimum atomic E-state index is -3.52. The molecule has 0 amide bonds. The van der Waals surface area contributed by atoms with Gasteiger partial charge >= 0.3 is 0 Å². The number of rotatable bonds is 4. The number of pyridine rings is 1. The lowest BCUT2D eigenvalue weighted by molar-refractivity contribution is 0.417. The van der Waals surface area contributed by atoms with E-state index in [1.807, 2.05) is 13.8 Å². The van der Waals surface area contributed by atoms with Crippen LogP contribution >= 0.6 is 0 Å². The van der Waals surface area contributed by atoms with Crippen LogP contribution in [0.4, 0.5) is 5.69 Å². The van der Waals surface area contributed by atoms with E-state index in [9.17, 15) is 8.42 Å². The molecule has 0 aromatic carbocycles.